The highest BCUT2D eigenvalue weighted by molar-refractivity contribution is 5.69. The number of hydrogen-bond donors (Lipinski definition) is 3. The molecule has 2 aromatic rings. The summed E-state index contributed by atoms with van der Waals surface area (Å²) in [6.07, 6.45) is 6.18. The van der Waals surface area contributed by atoms with Crippen LogP contribution in [0.15, 0.2) is 18.3 Å². The molecule has 0 aliphatic carbocycles. The zero-order valence-electron chi connectivity index (χ0n) is 14.8. The lowest BCUT2D eigenvalue weighted by atomic mass is 10.1. The first-order valence-electron chi connectivity index (χ1n) is 8.77. The molecule has 1 aliphatic rings. The fourth-order valence-electron chi connectivity index (χ4n) is 3.15. The van der Waals surface area contributed by atoms with E-state index in [9.17, 15) is 4.39 Å². The number of hydrogen-bond acceptors (Lipinski definition) is 6. The summed E-state index contributed by atoms with van der Waals surface area (Å²) in [5.74, 6) is 0.845. The normalized spacial score (nSPS) is 14.4. The number of piperidine rings is 1. The lowest BCUT2D eigenvalue weighted by Crippen LogP contribution is -2.30. The van der Waals surface area contributed by atoms with Crippen molar-refractivity contribution in [3.8, 4) is 0 Å². The third kappa shape index (κ3) is 3.75. The van der Waals surface area contributed by atoms with Crippen molar-refractivity contribution in [2.75, 3.05) is 41.4 Å². The average molecular weight is 344 g/mol. The van der Waals surface area contributed by atoms with Crippen LogP contribution in [-0.2, 0) is 6.42 Å². The molecule has 4 N–H and O–H groups in total. The second-order valence-corrected chi connectivity index (χ2v) is 6.23. The lowest BCUT2D eigenvalue weighted by Gasteiger charge is -2.29. The first-order chi connectivity index (χ1) is 12.1. The van der Waals surface area contributed by atoms with Crippen LogP contribution >= 0.6 is 0 Å². The van der Waals surface area contributed by atoms with Crippen LogP contribution in [0.5, 0.6) is 0 Å². The van der Waals surface area contributed by atoms with Crippen molar-refractivity contribution in [1.29, 1.82) is 0 Å². The Kier molecular flexibility index (Phi) is 5.21. The van der Waals surface area contributed by atoms with E-state index in [0.29, 0.717) is 12.4 Å². The molecule has 25 heavy (non-hydrogen) atoms. The third-order valence-corrected chi connectivity index (χ3v) is 4.55. The summed E-state index contributed by atoms with van der Waals surface area (Å²) >= 11 is 0. The van der Waals surface area contributed by atoms with Crippen LogP contribution in [-0.4, -0.2) is 30.1 Å². The molecule has 1 aromatic carbocycles. The average Bonchev–Trinajstić information content (AvgIpc) is 2.65. The van der Waals surface area contributed by atoms with Gasteiger partial charge >= 0.3 is 0 Å². The number of benzene rings is 1. The smallest absolute Gasteiger partial charge is 0.229 e. The van der Waals surface area contributed by atoms with E-state index in [1.807, 2.05) is 20.2 Å². The maximum Gasteiger partial charge on any atom is 0.229 e. The van der Waals surface area contributed by atoms with Crippen LogP contribution in [0.3, 0.4) is 0 Å². The molecule has 0 saturated carbocycles. The number of rotatable bonds is 5. The van der Waals surface area contributed by atoms with Crippen LogP contribution in [0.4, 0.5) is 33.2 Å². The molecule has 0 unspecified atom stereocenters. The summed E-state index contributed by atoms with van der Waals surface area (Å²) in [6.45, 7) is 4.02. The van der Waals surface area contributed by atoms with Crippen molar-refractivity contribution in [3.63, 3.8) is 0 Å². The summed E-state index contributed by atoms with van der Waals surface area (Å²) in [6, 6.07) is 3.05. The zero-order valence-corrected chi connectivity index (χ0v) is 14.8. The van der Waals surface area contributed by atoms with Gasteiger partial charge in [0.2, 0.25) is 5.95 Å². The number of nitrogens with zero attached hydrogens (tertiary/aromatic N) is 3. The molecular formula is C18H25FN6. The van der Waals surface area contributed by atoms with Crippen molar-refractivity contribution in [3.05, 3.63) is 29.7 Å². The highest BCUT2D eigenvalue weighted by Gasteiger charge is 2.17. The second kappa shape index (κ2) is 7.55. The molecule has 1 saturated heterocycles. The van der Waals surface area contributed by atoms with E-state index < -0.39 is 5.82 Å². The summed E-state index contributed by atoms with van der Waals surface area (Å²) in [5, 5.41) is 6.32. The van der Waals surface area contributed by atoms with E-state index in [0.717, 1.165) is 35.8 Å². The Hall–Kier alpha value is -2.57. The van der Waals surface area contributed by atoms with Crippen LogP contribution in [0.25, 0.3) is 0 Å². The molecule has 0 spiro atoms. The Morgan fingerprint density at radius 3 is 2.68 bits per heavy atom. The van der Waals surface area contributed by atoms with E-state index >= 15 is 0 Å². The Morgan fingerprint density at radius 1 is 1.24 bits per heavy atom. The van der Waals surface area contributed by atoms with Gasteiger partial charge in [-0.1, -0.05) is 6.92 Å². The van der Waals surface area contributed by atoms with Crippen LogP contribution < -0.4 is 21.3 Å². The molecule has 0 bridgehead atoms. The minimum absolute atomic E-state index is 0.110. The Labute approximate surface area is 147 Å². The van der Waals surface area contributed by atoms with Crippen molar-refractivity contribution in [2.24, 2.45) is 0 Å². The molecule has 0 radical (unpaired) electrons. The first kappa shape index (κ1) is 17.3. The molecule has 6 nitrogen and oxygen atoms in total. The predicted molar refractivity (Wildman–Crippen MR) is 101 cm³/mol. The van der Waals surface area contributed by atoms with E-state index in [1.54, 1.807) is 6.07 Å². The van der Waals surface area contributed by atoms with Gasteiger partial charge in [0.15, 0.2) is 5.82 Å². The molecule has 0 atom stereocenters. The van der Waals surface area contributed by atoms with Crippen molar-refractivity contribution in [1.82, 2.24) is 9.97 Å². The number of nitrogen functional groups attached to an aromatic ring is 1. The Balaban J connectivity index is 1.87. The van der Waals surface area contributed by atoms with Gasteiger partial charge in [0.05, 0.1) is 17.6 Å². The minimum atomic E-state index is -0.403. The van der Waals surface area contributed by atoms with E-state index in [4.69, 9.17) is 5.73 Å². The number of aryl methyl sites for hydroxylation is 1. The van der Waals surface area contributed by atoms with Gasteiger partial charge in [0.1, 0.15) is 5.82 Å². The maximum absolute atomic E-state index is 13.7. The zero-order chi connectivity index (χ0) is 17.8. The molecule has 3 rings (SSSR count). The van der Waals surface area contributed by atoms with Crippen molar-refractivity contribution >= 4 is 28.8 Å². The van der Waals surface area contributed by atoms with Gasteiger partial charge in [0, 0.05) is 25.8 Å². The standard InChI is InChI=1S/C18H25FN6/c1-3-12-9-13(19)14(20)10-15(12)23-18-22-11-16(17(21-2)24-18)25-7-5-4-6-8-25/h9-11H,3-8,20H2,1-2H3,(H2,21,22,23,24). The molecule has 0 amide bonds. The number of anilines is 5. The van der Waals surface area contributed by atoms with Crippen LogP contribution in [0.1, 0.15) is 31.7 Å². The largest absolute Gasteiger partial charge is 0.396 e. The van der Waals surface area contributed by atoms with Gasteiger partial charge in [-0.25, -0.2) is 9.37 Å². The minimum Gasteiger partial charge on any atom is -0.396 e. The third-order valence-electron chi connectivity index (χ3n) is 4.55. The quantitative estimate of drug-likeness (QED) is 0.720. The molecule has 1 aromatic heterocycles. The maximum atomic E-state index is 13.7. The summed E-state index contributed by atoms with van der Waals surface area (Å²) in [4.78, 5) is 11.3. The van der Waals surface area contributed by atoms with E-state index in [1.165, 1.54) is 25.3 Å². The van der Waals surface area contributed by atoms with Gasteiger partial charge in [-0.3, -0.25) is 0 Å². The predicted octanol–water partition coefficient (Wildman–Crippen LogP) is 3.54. The SMILES string of the molecule is CCc1cc(F)c(N)cc1Nc1ncc(N2CCCCC2)c(NC)n1. The van der Waals surface area contributed by atoms with Gasteiger partial charge in [-0.05, 0) is 43.4 Å². The van der Waals surface area contributed by atoms with E-state index in [-0.39, 0.29) is 5.69 Å². The monoisotopic (exact) mass is 344 g/mol. The molecule has 1 aliphatic heterocycles. The Bertz CT molecular complexity index is 743. The molecular weight excluding hydrogens is 319 g/mol. The molecule has 134 valence electrons. The van der Waals surface area contributed by atoms with Crippen molar-refractivity contribution < 1.29 is 4.39 Å². The number of halogens is 1. The fourth-order valence-corrected chi connectivity index (χ4v) is 3.15. The summed E-state index contributed by atoms with van der Waals surface area (Å²) < 4.78 is 13.7. The van der Waals surface area contributed by atoms with Crippen LogP contribution in [0, 0.1) is 5.82 Å². The topological polar surface area (TPSA) is 79.1 Å². The second-order valence-electron chi connectivity index (χ2n) is 6.23. The Morgan fingerprint density at radius 2 is 2.00 bits per heavy atom. The molecule has 1 fully saturated rings. The van der Waals surface area contributed by atoms with Crippen molar-refractivity contribution in [2.45, 2.75) is 32.6 Å². The van der Waals surface area contributed by atoms with Crippen LogP contribution in [0.2, 0.25) is 0 Å². The number of aromatic nitrogens is 2. The summed E-state index contributed by atoms with van der Waals surface area (Å²) in [5.41, 5.74) is 8.39. The van der Waals surface area contributed by atoms with Gasteiger partial charge in [-0.2, -0.15) is 4.98 Å². The van der Waals surface area contributed by atoms with Gasteiger partial charge in [0.25, 0.3) is 0 Å². The molecule has 2 heterocycles. The number of nitrogens with one attached hydrogen (secondary N) is 2. The fraction of sp³-hybridized carbons (Fsp3) is 0.444. The highest BCUT2D eigenvalue weighted by Crippen LogP contribution is 2.29. The highest BCUT2D eigenvalue weighted by atomic mass is 19.1. The molecule has 7 heteroatoms. The summed E-state index contributed by atoms with van der Waals surface area (Å²) in [7, 11) is 1.85. The lowest BCUT2D eigenvalue weighted by molar-refractivity contribution is 0.577. The van der Waals surface area contributed by atoms with Gasteiger partial charge in [-0.15, -0.1) is 0 Å². The van der Waals surface area contributed by atoms with Gasteiger partial charge < -0.3 is 21.3 Å². The van der Waals surface area contributed by atoms with E-state index in [2.05, 4.69) is 25.5 Å². The first-order valence-corrected chi connectivity index (χ1v) is 8.77. The number of nitrogens with two attached hydrogens (primary N) is 1.